The quantitative estimate of drug-likeness (QED) is 0.672. The Bertz CT molecular complexity index is 528. The summed E-state index contributed by atoms with van der Waals surface area (Å²) in [6, 6.07) is 2.95. The van der Waals surface area contributed by atoms with Gasteiger partial charge in [0.25, 0.3) is 11.6 Å². The Balaban J connectivity index is 2.15. The van der Waals surface area contributed by atoms with Crippen molar-refractivity contribution in [2.24, 2.45) is 11.7 Å². The highest BCUT2D eigenvalue weighted by Crippen LogP contribution is 2.21. The molecule has 1 aromatic carbocycles. The van der Waals surface area contributed by atoms with Gasteiger partial charge in [-0.15, -0.1) is 0 Å². The molecule has 2 N–H and O–H groups in total. The van der Waals surface area contributed by atoms with Gasteiger partial charge in [0.05, 0.1) is 11.0 Å². The van der Waals surface area contributed by atoms with Crippen LogP contribution in [0.25, 0.3) is 0 Å². The number of nitrogens with zero attached hydrogens (tertiary/aromatic N) is 2. The molecule has 0 unspecified atom stereocenters. The minimum Gasteiger partial charge on any atom is -0.339 e. The lowest BCUT2D eigenvalue weighted by atomic mass is 9.96. The summed E-state index contributed by atoms with van der Waals surface area (Å²) in [6.45, 7) is 1.68. The van der Waals surface area contributed by atoms with Crippen molar-refractivity contribution >= 4 is 11.6 Å². The molecule has 1 aliphatic rings. The molecule has 20 heavy (non-hydrogen) atoms. The van der Waals surface area contributed by atoms with Crippen LogP contribution in [0.2, 0.25) is 0 Å². The van der Waals surface area contributed by atoms with E-state index in [2.05, 4.69) is 0 Å². The molecule has 1 amide bonds. The SMILES string of the molecule is NCC1CCN(C(=O)c2cc(F)cc([N+](=O)[O-])c2)CC1. The summed E-state index contributed by atoms with van der Waals surface area (Å²) in [5.74, 6) is -0.747. The van der Waals surface area contributed by atoms with Gasteiger partial charge in [0.15, 0.2) is 0 Å². The van der Waals surface area contributed by atoms with Crippen molar-refractivity contribution in [3.05, 3.63) is 39.7 Å². The first-order valence-corrected chi connectivity index (χ1v) is 6.45. The van der Waals surface area contributed by atoms with Crippen LogP contribution >= 0.6 is 0 Å². The van der Waals surface area contributed by atoms with Crippen molar-refractivity contribution in [2.75, 3.05) is 19.6 Å². The normalized spacial score (nSPS) is 16.2. The van der Waals surface area contributed by atoms with E-state index < -0.39 is 16.4 Å². The molecule has 2 rings (SSSR count). The van der Waals surface area contributed by atoms with Crippen LogP contribution in [0.1, 0.15) is 23.2 Å². The first-order valence-electron chi connectivity index (χ1n) is 6.45. The second kappa shape index (κ2) is 5.96. The van der Waals surface area contributed by atoms with Crippen LogP contribution in [0.15, 0.2) is 18.2 Å². The van der Waals surface area contributed by atoms with Gasteiger partial charge in [-0.05, 0) is 31.4 Å². The van der Waals surface area contributed by atoms with Crippen LogP contribution in [-0.4, -0.2) is 35.4 Å². The number of nitrogens with two attached hydrogens (primary N) is 1. The fraction of sp³-hybridized carbons (Fsp3) is 0.462. The summed E-state index contributed by atoms with van der Waals surface area (Å²) in [5, 5.41) is 10.7. The smallest absolute Gasteiger partial charge is 0.273 e. The van der Waals surface area contributed by atoms with Crippen molar-refractivity contribution in [1.82, 2.24) is 4.90 Å². The van der Waals surface area contributed by atoms with Gasteiger partial charge in [0.2, 0.25) is 0 Å². The van der Waals surface area contributed by atoms with E-state index in [1.807, 2.05) is 0 Å². The number of piperidine rings is 1. The van der Waals surface area contributed by atoms with Crippen molar-refractivity contribution < 1.29 is 14.1 Å². The molecule has 1 fully saturated rings. The van der Waals surface area contributed by atoms with Crippen LogP contribution in [0, 0.1) is 21.8 Å². The molecular formula is C13H16FN3O3. The number of non-ortho nitro benzene ring substituents is 1. The Kier molecular flexibility index (Phi) is 4.29. The van der Waals surface area contributed by atoms with Crippen molar-refractivity contribution in [3.8, 4) is 0 Å². The van der Waals surface area contributed by atoms with Crippen LogP contribution in [0.4, 0.5) is 10.1 Å². The number of nitro benzene ring substituents is 1. The van der Waals surface area contributed by atoms with Gasteiger partial charge in [0.1, 0.15) is 5.82 Å². The predicted molar refractivity (Wildman–Crippen MR) is 70.7 cm³/mol. The van der Waals surface area contributed by atoms with Gasteiger partial charge in [-0.2, -0.15) is 0 Å². The fourth-order valence-electron chi connectivity index (χ4n) is 2.36. The van der Waals surface area contributed by atoms with E-state index in [9.17, 15) is 19.3 Å². The summed E-state index contributed by atoms with van der Waals surface area (Å²) in [5.41, 5.74) is 5.19. The van der Waals surface area contributed by atoms with Gasteiger partial charge in [0, 0.05) is 24.7 Å². The number of amides is 1. The number of benzene rings is 1. The van der Waals surface area contributed by atoms with E-state index >= 15 is 0 Å². The molecule has 0 aromatic heterocycles. The molecule has 108 valence electrons. The number of halogens is 1. The maximum Gasteiger partial charge on any atom is 0.273 e. The molecule has 0 spiro atoms. The number of rotatable bonds is 3. The van der Waals surface area contributed by atoms with Crippen LogP contribution in [-0.2, 0) is 0 Å². The number of nitro groups is 1. The topological polar surface area (TPSA) is 89.5 Å². The number of hydrogen-bond donors (Lipinski definition) is 1. The van der Waals surface area contributed by atoms with Gasteiger partial charge in [-0.1, -0.05) is 0 Å². The van der Waals surface area contributed by atoms with Gasteiger partial charge < -0.3 is 10.6 Å². The van der Waals surface area contributed by atoms with E-state index in [0.29, 0.717) is 25.6 Å². The molecule has 1 aliphatic heterocycles. The molecule has 1 heterocycles. The van der Waals surface area contributed by atoms with Gasteiger partial charge >= 0.3 is 0 Å². The molecule has 0 bridgehead atoms. The zero-order chi connectivity index (χ0) is 14.7. The Hall–Kier alpha value is -2.02. The molecule has 0 saturated carbocycles. The number of carbonyl (C=O) groups is 1. The molecule has 0 radical (unpaired) electrons. The maximum atomic E-state index is 13.3. The molecule has 1 saturated heterocycles. The Labute approximate surface area is 115 Å². The molecule has 0 aliphatic carbocycles. The third-order valence-corrected chi connectivity index (χ3v) is 3.58. The summed E-state index contributed by atoms with van der Waals surface area (Å²) >= 11 is 0. The van der Waals surface area contributed by atoms with Gasteiger partial charge in [-0.3, -0.25) is 14.9 Å². The number of carbonyl (C=O) groups excluding carboxylic acids is 1. The Morgan fingerprint density at radius 2 is 2.05 bits per heavy atom. The van der Waals surface area contributed by atoms with E-state index in [1.165, 1.54) is 0 Å². The maximum absolute atomic E-state index is 13.3. The average Bonchev–Trinajstić information content (AvgIpc) is 2.46. The second-order valence-corrected chi connectivity index (χ2v) is 4.93. The van der Waals surface area contributed by atoms with Crippen molar-refractivity contribution in [1.29, 1.82) is 0 Å². The first kappa shape index (κ1) is 14.4. The van der Waals surface area contributed by atoms with E-state index in [1.54, 1.807) is 4.90 Å². The zero-order valence-corrected chi connectivity index (χ0v) is 10.9. The largest absolute Gasteiger partial charge is 0.339 e. The lowest BCUT2D eigenvalue weighted by Gasteiger charge is -2.31. The minimum atomic E-state index is -0.778. The lowest BCUT2D eigenvalue weighted by Crippen LogP contribution is -2.40. The number of hydrogen-bond acceptors (Lipinski definition) is 4. The third kappa shape index (κ3) is 3.11. The van der Waals surface area contributed by atoms with Gasteiger partial charge in [-0.25, -0.2) is 4.39 Å². The minimum absolute atomic E-state index is 0.0166. The molecule has 6 nitrogen and oxygen atoms in total. The molecular weight excluding hydrogens is 265 g/mol. The summed E-state index contributed by atoms with van der Waals surface area (Å²) in [6.07, 6.45) is 1.61. The second-order valence-electron chi connectivity index (χ2n) is 4.93. The summed E-state index contributed by atoms with van der Waals surface area (Å²) < 4.78 is 13.3. The standard InChI is InChI=1S/C13H16FN3O3/c14-11-5-10(6-12(7-11)17(19)20)13(18)16-3-1-9(8-15)2-4-16/h5-7,9H,1-4,8,15H2. The summed E-state index contributed by atoms with van der Waals surface area (Å²) in [7, 11) is 0. The molecule has 0 atom stereocenters. The highest BCUT2D eigenvalue weighted by atomic mass is 19.1. The van der Waals surface area contributed by atoms with Crippen molar-refractivity contribution in [2.45, 2.75) is 12.8 Å². The third-order valence-electron chi connectivity index (χ3n) is 3.58. The van der Waals surface area contributed by atoms with Crippen LogP contribution < -0.4 is 5.73 Å². The van der Waals surface area contributed by atoms with E-state index in [4.69, 9.17) is 5.73 Å². The highest BCUT2D eigenvalue weighted by molar-refractivity contribution is 5.94. The average molecular weight is 281 g/mol. The lowest BCUT2D eigenvalue weighted by molar-refractivity contribution is -0.385. The van der Waals surface area contributed by atoms with E-state index in [-0.39, 0.29) is 11.5 Å². The molecule has 1 aromatic rings. The van der Waals surface area contributed by atoms with E-state index in [0.717, 1.165) is 31.0 Å². The summed E-state index contributed by atoms with van der Waals surface area (Å²) in [4.78, 5) is 23.8. The van der Waals surface area contributed by atoms with Crippen molar-refractivity contribution in [3.63, 3.8) is 0 Å². The highest BCUT2D eigenvalue weighted by Gasteiger charge is 2.24. The fourth-order valence-corrected chi connectivity index (χ4v) is 2.36. The zero-order valence-electron chi connectivity index (χ0n) is 10.9. The predicted octanol–water partition coefficient (Wildman–Crippen LogP) is 1.54. The first-order chi connectivity index (χ1) is 9.51. The number of likely N-dealkylation sites (tertiary alicyclic amines) is 1. The van der Waals surface area contributed by atoms with Crippen LogP contribution in [0.5, 0.6) is 0 Å². The molecule has 7 heteroatoms. The Morgan fingerprint density at radius 1 is 1.40 bits per heavy atom. The Morgan fingerprint density at radius 3 is 2.60 bits per heavy atom. The monoisotopic (exact) mass is 281 g/mol. The van der Waals surface area contributed by atoms with Crippen LogP contribution in [0.3, 0.4) is 0 Å².